The van der Waals surface area contributed by atoms with Gasteiger partial charge in [0, 0.05) is 6.54 Å². The number of hydrogen-bond donors (Lipinski definition) is 2. The molecule has 0 saturated heterocycles. The number of hydrogen-bond acceptors (Lipinski definition) is 4. The van der Waals surface area contributed by atoms with Crippen molar-refractivity contribution < 1.29 is 14.6 Å². The molecule has 1 aromatic carbocycles. The Kier molecular flexibility index (Phi) is 3.31. The summed E-state index contributed by atoms with van der Waals surface area (Å²) in [4.78, 5) is 0. The van der Waals surface area contributed by atoms with E-state index in [9.17, 15) is 5.11 Å². The molecule has 1 aliphatic heterocycles. The minimum absolute atomic E-state index is 0.215. The highest BCUT2D eigenvalue weighted by atomic mass is 16.6. The van der Waals surface area contributed by atoms with E-state index in [1.807, 2.05) is 19.1 Å². The Hall–Kier alpha value is -1.26. The van der Waals surface area contributed by atoms with Crippen molar-refractivity contribution in [1.82, 2.24) is 0 Å². The summed E-state index contributed by atoms with van der Waals surface area (Å²) in [5, 5.41) is 9.82. The quantitative estimate of drug-likeness (QED) is 0.802. The van der Waals surface area contributed by atoms with Crippen molar-refractivity contribution in [1.29, 1.82) is 0 Å². The second-order valence-corrected chi connectivity index (χ2v) is 3.80. The molecular weight excluding hydrogens is 206 g/mol. The average molecular weight is 223 g/mol. The van der Waals surface area contributed by atoms with Crippen molar-refractivity contribution in [2.75, 3.05) is 19.8 Å². The van der Waals surface area contributed by atoms with E-state index in [0.29, 0.717) is 19.0 Å². The molecule has 0 radical (unpaired) electrons. The standard InChI is InChI=1S/C12H17NO3/c1-2-8-5-11-12(16-4-3-15-11)6-9(8)10(14)7-13/h5-6,10,14H,2-4,7,13H2,1H3. The zero-order chi connectivity index (χ0) is 11.5. The third kappa shape index (κ3) is 1.99. The second-order valence-electron chi connectivity index (χ2n) is 3.80. The van der Waals surface area contributed by atoms with Crippen molar-refractivity contribution in [2.45, 2.75) is 19.4 Å². The van der Waals surface area contributed by atoms with Crippen molar-refractivity contribution in [3.05, 3.63) is 23.3 Å². The Morgan fingerprint density at radius 3 is 2.50 bits per heavy atom. The van der Waals surface area contributed by atoms with Crippen LogP contribution < -0.4 is 15.2 Å². The SMILES string of the molecule is CCc1cc2c(cc1C(O)CN)OCCO2. The van der Waals surface area contributed by atoms with Gasteiger partial charge in [0.15, 0.2) is 11.5 Å². The lowest BCUT2D eigenvalue weighted by Gasteiger charge is -2.22. The summed E-state index contributed by atoms with van der Waals surface area (Å²) >= 11 is 0. The zero-order valence-electron chi connectivity index (χ0n) is 9.40. The highest BCUT2D eigenvalue weighted by Crippen LogP contribution is 2.35. The van der Waals surface area contributed by atoms with E-state index >= 15 is 0 Å². The van der Waals surface area contributed by atoms with Gasteiger partial charge in [0.1, 0.15) is 13.2 Å². The van der Waals surface area contributed by atoms with E-state index in [4.69, 9.17) is 15.2 Å². The fourth-order valence-electron chi connectivity index (χ4n) is 1.89. The Bertz CT molecular complexity index is 379. The molecule has 0 fully saturated rings. The summed E-state index contributed by atoms with van der Waals surface area (Å²) in [6, 6.07) is 3.77. The summed E-state index contributed by atoms with van der Waals surface area (Å²) < 4.78 is 11.0. The van der Waals surface area contributed by atoms with Gasteiger partial charge < -0.3 is 20.3 Å². The zero-order valence-corrected chi connectivity index (χ0v) is 9.40. The first-order chi connectivity index (χ1) is 7.76. The molecule has 4 nitrogen and oxygen atoms in total. The smallest absolute Gasteiger partial charge is 0.161 e. The van der Waals surface area contributed by atoms with Crippen LogP contribution >= 0.6 is 0 Å². The van der Waals surface area contributed by atoms with E-state index in [1.54, 1.807) is 0 Å². The molecule has 0 aliphatic carbocycles. The molecule has 16 heavy (non-hydrogen) atoms. The van der Waals surface area contributed by atoms with Gasteiger partial charge in [-0.2, -0.15) is 0 Å². The molecule has 0 amide bonds. The average Bonchev–Trinajstić information content (AvgIpc) is 2.36. The molecule has 3 N–H and O–H groups in total. The number of aryl methyl sites for hydroxylation is 1. The predicted molar refractivity (Wildman–Crippen MR) is 60.8 cm³/mol. The fraction of sp³-hybridized carbons (Fsp3) is 0.500. The number of aliphatic hydroxyl groups is 1. The van der Waals surface area contributed by atoms with Crippen LogP contribution in [0.25, 0.3) is 0 Å². The number of aliphatic hydroxyl groups excluding tert-OH is 1. The largest absolute Gasteiger partial charge is 0.486 e. The molecule has 2 rings (SSSR count). The van der Waals surface area contributed by atoms with Gasteiger partial charge in [-0.25, -0.2) is 0 Å². The second kappa shape index (κ2) is 4.72. The van der Waals surface area contributed by atoms with Gasteiger partial charge in [-0.1, -0.05) is 6.92 Å². The molecule has 88 valence electrons. The first-order valence-corrected chi connectivity index (χ1v) is 5.56. The molecule has 1 aliphatic rings. The van der Waals surface area contributed by atoms with E-state index in [-0.39, 0.29) is 6.54 Å². The molecule has 0 aromatic heterocycles. The lowest BCUT2D eigenvalue weighted by molar-refractivity contribution is 0.166. The summed E-state index contributed by atoms with van der Waals surface area (Å²) in [6.07, 6.45) is 0.203. The minimum Gasteiger partial charge on any atom is -0.486 e. The predicted octanol–water partition coefficient (Wildman–Crippen LogP) is 1.01. The van der Waals surface area contributed by atoms with E-state index in [0.717, 1.165) is 23.3 Å². The summed E-state index contributed by atoms with van der Waals surface area (Å²) in [7, 11) is 0. The van der Waals surface area contributed by atoms with Crippen LogP contribution in [0.15, 0.2) is 12.1 Å². The maximum absolute atomic E-state index is 9.82. The van der Waals surface area contributed by atoms with Crippen molar-refractivity contribution in [3.63, 3.8) is 0 Å². The number of fused-ring (bicyclic) bond motifs is 1. The van der Waals surface area contributed by atoms with Crippen molar-refractivity contribution in [2.24, 2.45) is 5.73 Å². The first-order valence-electron chi connectivity index (χ1n) is 5.56. The van der Waals surface area contributed by atoms with Crippen LogP contribution in [0.2, 0.25) is 0 Å². The van der Waals surface area contributed by atoms with Gasteiger partial charge in [-0.3, -0.25) is 0 Å². The molecule has 4 heteroatoms. The first kappa shape index (κ1) is 11.2. The van der Waals surface area contributed by atoms with Crippen LogP contribution in [-0.4, -0.2) is 24.9 Å². The number of ether oxygens (including phenoxy) is 2. The van der Waals surface area contributed by atoms with Crippen LogP contribution in [0, 0.1) is 0 Å². The molecule has 1 atom stereocenters. The minimum atomic E-state index is -0.634. The Balaban J connectivity index is 2.43. The highest BCUT2D eigenvalue weighted by Gasteiger charge is 2.18. The van der Waals surface area contributed by atoms with Gasteiger partial charge in [-0.15, -0.1) is 0 Å². The van der Waals surface area contributed by atoms with E-state index in [1.165, 1.54) is 0 Å². The fourth-order valence-corrected chi connectivity index (χ4v) is 1.89. The molecule has 0 bridgehead atoms. The van der Waals surface area contributed by atoms with Crippen LogP contribution in [0.5, 0.6) is 11.5 Å². The normalized spacial score (nSPS) is 15.9. The molecular formula is C12H17NO3. The number of benzene rings is 1. The molecule has 0 saturated carbocycles. The summed E-state index contributed by atoms with van der Waals surface area (Å²) in [5.74, 6) is 1.46. The number of rotatable bonds is 3. The third-order valence-corrected chi connectivity index (χ3v) is 2.77. The molecule has 1 unspecified atom stereocenters. The van der Waals surface area contributed by atoms with Crippen LogP contribution in [0.1, 0.15) is 24.2 Å². The summed E-state index contributed by atoms with van der Waals surface area (Å²) in [6.45, 7) is 3.39. The van der Waals surface area contributed by atoms with Crippen molar-refractivity contribution in [3.8, 4) is 11.5 Å². The lowest BCUT2D eigenvalue weighted by Crippen LogP contribution is -2.18. The Morgan fingerprint density at radius 2 is 1.94 bits per heavy atom. The van der Waals surface area contributed by atoms with Crippen LogP contribution in [-0.2, 0) is 6.42 Å². The van der Waals surface area contributed by atoms with E-state index in [2.05, 4.69) is 0 Å². The Morgan fingerprint density at radius 1 is 1.31 bits per heavy atom. The van der Waals surface area contributed by atoms with E-state index < -0.39 is 6.10 Å². The summed E-state index contributed by atoms with van der Waals surface area (Å²) in [5.41, 5.74) is 7.38. The van der Waals surface area contributed by atoms with Crippen LogP contribution in [0.3, 0.4) is 0 Å². The van der Waals surface area contributed by atoms with Crippen molar-refractivity contribution >= 4 is 0 Å². The molecule has 0 spiro atoms. The maximum atomic E-state index is 9.82. The Labute approximate surface area is 95.0 Å². The topological polar surface area (TPSA) is 64.7 Å². The third-order valence-electron chi connectivity index (χ3n) is 2.77. The van der Waals surface area contributed by atoms with Gasteiger partial charge in [0.05, 0.1) is 6.10 Å². The van der Waals surface area contributed by atoms with Gasteiger partial charge in [0.2, 0.25) is 0 Å². The number of nitrogens with two attached hydrogens (primary N) is 1. The van der Waals surface area contributed by atoms with Crippen LogP contribution in [0.4, 0.5) is 0 Å². The molecule has 1 aromatic rings. The maximum Gasteiger partial charge on any atom is 0.161 e. The van der Waals surface area contributed by atoms with Gasteiger partial charge in [-0.05, 0) is 29.7 Å². The van der Waals surface area contributed by atoms with Gasteiger partial charge >= 0.3 is 0 Å². The highest BCUT2D eigenvalue weighted by molar-refractivity contribution is 5.49. The lowest BCUT2D eigenvalue weighted by atomic mass is 9.99. The van der Waals surface area contributed by atoms with Gasteiger partial charge in [0.25, 0.3) is 0 Å². The molecule has 1 heterocycles. The monoisotopic (exact) mass is 223 g/mol.